The van der Waals surface area contributed by atoms with E-state index in [-0.39, 0.29) is 0 Å². The lowest BCUT2D eigenvalue weighted by atomic mass is 9.92. The van der Waals surface area contributed by atoms with Crippen molar-refractivity contribution in [1.29, 1.82) is 0 Å². The Morgan fingerprint density at radius 3 is 2.19 bits per heavy atom. The maximum atomic E-state index is 10.4. The van der Waals surface area contributed by atoms with E-state index in [2.05, 4.69) is 19.2 Å². The molecule has 0 aromatic rings. The third-order valence-corrected chi connectivity index (χ3v) is 3.79. The van der Waals surface area contributed by atoms with Crippen molar-refractivity contribution in [2.45, 2.75) is 70.8 Å². The van der Waals surface area contributed by atoms with Crippen molar-refractivity contribution >= 4 is 0 Å². The Kier molecular flexibility index (Phi) is 6.37. The van der Waals surface area contributed by atoms with Crippen LogP contribution in [0.3, 0.4) is 0 Å². The predicted octanol–water partition coefficient (Wildman–Crippen LogP) is 3.10. The Morgan fingerprint density at radius 1 is 1.12 bits per heavy atom. The smallest absolute Gasteiger partial charge is 0.0771 e. The van der Waals surface area contributed by atoms with Crippen LogP contribution in [-0.2, 0) is 0 Å². The van der Waals surface area contributed by atoms with Gasteiger partial charge in [-0.1, -0.05) is 39.5 Å². The van der Waals surface area contributed by atoms with Crippen molar-refractivity contribution < 1.29 is 5.11 Å². The fourth-order valence-corrected chi connectivity index (χ4v) is 2.96. The molecule has 1 fully saturated rings. The summed E-state index contributed by atoms with van der Waals surface area (Å²) >= 11 is 0. The minimum Gasteiger partial charge on any atom is -0.389 e. The summed E-state index contributed by atoms with van der Waals surface area (Å²) in [5.74, 6) is 0.868. The number of hydrogen-bond acceptors (Lipinski definition) is 2. The van der Waals surface area contributed by atoms with Gasteiger partial charge in [-0.05, 0) is 38.1 Å². The molecule has 0 spiro atoms. The largest absolute Gasteiger partial charge is 0.389 e. The zero-order valence-electron chi connectivity index (χ0n) is 11.1. The summed E-state index contributed by atoms with van der Waals surface area (Å²) in [5.41, 5.74) is -0.456. The molecule has 0 bridgehead atoms. The maximum Gasteiger partial charge on any atom is 0.0771 e. The van der Waals surface area contributed by atoms with Gasteiger partial charge in [-0.15, -0.1) is 0 Å². The molecule has 0 unspecified atom stereocenters. The van der Waals surface area contributed by atoms with Gasteiger partial charge in [-0.25, -0.2) is 0 Å². The summed E-state index contributed by atoms with van der Waals surface area (Å²) in [6.07, 6.45) is 9.57. The van der Waals surface area contributed by atoms with E-state index in [9.17, 15) is 5.11 Å². The molecule has 2 heteroatoms. The molecule has 0 atom stereocenters. The van der Waals surface area contributed by atoms with Crippen molar-refractivity contribution in [3.05, 3.63) is 0 Å². The molecule has 2 nitrogen and oxygen atoms in total. The van der Waals surface area contributed by atoms with Crippen molar-refractivity contribution in [1.82, 2.24) is 5.32 Å². The minimum absolute atomic E-state index is 0.456. The zero-order valence-corrected chi connectivity index (χ0v) is 11.1. The van der Waals surface area contributed by atoms with E-state index >= 15 is 0 Å². The van der Waals surface area contributed by atoms with Gasteiger partial charge < -0.3 is 10.4 Å². The highest BCUT2D eigenvalue weighted by molar-refractivity contribution is 4.81. The summed E-state index contributed by atoms with van der Waals surface area (Å²) in [7, 11) is 0. The number of rotatable bonds is 8. The molecule has 2 N–H and O–H groups in total. The lowest BCUT2D eigenvalue weighted by Gasteiger charge is -2.28. The van der Waals surface area contributed by atoms with Crippen LogP contribution < -0.4 is 5.32 Å². The van der Waals surface area contributed by atoms with Gasteiger partial charge in [0, 0.05) is 6.54 Å². The van der Waals surface area contributed by atoms with Crippen LogP contribution in [0, 0.1) is 5.92 Å². The van der Waals surface area contributed by atoms with Crippen LogP contribution in [0.1, 0.15) is 65.2 Å². The summed E-state index contributed by atoms with van der Waals surface area (Å²) in [6.45, 7) is 6.19. The number of hydrogen-bond donors (Lipinski definition) is 2. The Labute approximate surface area is 101 Å². The minimum atomic E-state index is -0.456. The van der Waals surface area contributed by atoms with Crippen LogP contribution in [0.15, 0.2) is 0 Å². The second kappa shape index (κ2) is 7.29. The van der Waals surface area contributed by atoms with Gasteiger partial charge >= 0.3 is 0 Å². The molecule has 0 saturated heterocycles. The average molecular weight is 227 g/mol. The molecule has 0 heterocycles. The molecule has 0 amide bonds. The first-order chi connectivity index (χ1) is 7.70. The van der Waals surface area contributed by atoms with Gasteiger partial charge in [0.05, 0.1) is 5.60 Å². The fraction of sp³-hybridized carbons (Fsp3) is 1.00. The fourth-order valence-electron chi connectivity index (χ4n) is 2.96. The van der Waals surface area contributed by atoms with E-state index in [0.29, 0.717) is 0 Å². The zero-order chi connectivity index (χ0) is 11.9. The van der Waals surface area contributed by atoms with E-state index in [1.807, 2.05) is 0 Å². The molecule has 0 radical (unpaired) electrons. The average Bonchev–Trinajstić information content (AvgIpc) is 2.71. The molecule has 0 aromatic heterocycles. The molecule has 1 aliphatic carbocycles. The SMILES string of the molecule is CCCC(O)(CCC)CNCC1CCCC1. The van der Waals surface area contributed by atoms with Gasteiger partial charge in [0.25, 0.3) is 0 Å². The van der Waals surface area contributed by atoms with E-state index in [4.69, 9.17) is 0 Å². The quantitative estimate of drug-likeness (QED) is 0.668. The molecular formula is C14H29NO. The predicted molar refractivity (Wildman–Crippen MR) is 69.6 cm³/mol. The Balaban J connectivity index is 2.20. The van der Waals surface area contributed by atoms with Crippen molar-refractivity contribution in [3.8, 4) is 0 Å². The maximum absolute atomic E-state index is 10.4. The topological polar surface area (TPSA) is 32.3 Å². The van der Waals surface area contributed by atoms with Crippen LogP contribution in [-0.4, -0.2) is 23.8 Å². The van der Waals surface area contributed by atoms with Crippen LogP contribution in [0.25, 0.3) is 0 Å². The first-order valence-corrected chi connectivity index (χ1v) is 7.13. The van der Waals surface area contributed by atoms with E-state index in [1.165, 1.54) is 25.7 Å². The lowest BCUT2D eigenvalue weighted by molar-refractivity contribution is 0.0211. The highest BCUT2D eigenvalue weighted by atomic mass is 16.3. The number of aliphatic hydroxyl groups is 1. The Bertz CT molecular complexity index is 170. The normalized spacial score (nSPS) is 18.2. The second-order valence-electron chi connectivity index (χ2n) is 5.51. The standard InChI is InChI=1S/C14H29NO/c1-3-9-14(16,10-4-2)12-15-11-13-7-5-6-8-13/h13,15-16H,3-12H2,1-2H3. The van der Waals surface area contributed by atoms with E-state index < -0.39 is 5.60 Å². The van der Waals surface area contributed by atoms with Crippen LogP contribution >= 0.6 is 0 Å². The molecule has 16 heavy (non-hydrogen) atoms. The highest BCUT2D eigenvalue weighted by Gasteiger charge is 2.24. The molecule has 1 rings (SSSR count). The van der Waals surface area contributed by atoms with Crippen LogP contribution in [0.4, 0.5) is 0 Å². The summed E-state index contributed by atoms with van der Waals surface area (Å²) in [6, 6.07) is 0. The van der Waals surface area contributed by atoms with Gasteiger partial charge in [-0.2, -0.15) is 0 Å². The van der Waals surface area contributed by atoms with Crippen LogP contribution in [0.2, 0.25) is 0 Å². The molecular weight excluding hydrogens is 198 g/mol. The van der Waals surface area contributed by atoms with Crippen molar-refractivity contribution in [3.63, 3.8) is 0 Å². The second-order valence-corrected chi connectivity index (χ2v) is 5.51. The lowest BCUT2D eigenvalue weighted by Crippen LogP contribution is -2.41. The van der Waals surface area contributed by atoms with E-state index in [0.717, 1.165) is 44.7 Å². The third-order valence-electron chi connectivity index (χ3n) is 3.79. The van der Waals surface area contributed by atoms with Gasteiger partial charge in [0.15, 0.2) is 0 Å². The van der Waals surface area contributed by atoms with Crippen molar-refractivity contribution in [2.24, 2.45) is 5.92 Å². The van der Waals surface area contributed by atoms with Gasteiger partial charge in [0.1, 0.15) is 0 Å². The molecule has 1 saturated carbocycles. The number of nitrogens with one attached hydrogen (secondary N) is 1. The Morgan fingerprint density at radius 2 is 1.69 bits per heavy atom. The van der Waals surface area contributed by atoms with Gasteiger partial charge in [0.2, 0.25) is 0 Å². The van der Waals surface area contributed by atoms with E-state index in [1.54, 1.807) is 0 Å². The summed E-state index contributed by atoms with van der Waals surface area (Å²) in [4.78, 5) is 0. The molecule has 0 aliphatic heterocycles. The highest BCUT2D eigenvalue weighted by Crippen LogP contribution is 2.24. The summed E-state index contributed by atoms with van der Waals surface area (Å²) in [5, 5.41) is 13.9. The first-order valence-electron chi connectivity index (χ1n) is 7.13. The van der Waals surface area contributed by atoms with Crippen molar-refractivity contribution in [2.75, 3.05) is 13.1 Å². The Hall–Kier alpha value is -0.0800. The van der Waals surface area contributed by atoms with Crippen LogP contribution in [0.5, 0.6) is 0 Å². The molecule has 0 aromatic carbocycles. The molecule has 1 aliphatic rings. The third kappa shape index (κ3) is 4.84. The van der Waals surface area contributed by atoms with Gasteiger partial charge in [-0.3, -0.25) is 0 Å². The summed E-state index contributed by atoms with van der Waals surface area (Å²) < 4.78 is 0. The molecule has 96 valence electrons. The monoisotopic (exact) mass is 227 g/mol. The first kappa shape index (κ1) is 14.0.